The van der Waals surface area contributed by atoms with Crippen LogP contribution in [0.3, 0.4) is 0 Å². The lowest BCUT2D eigenvalue weighted by Crippen LogP contribution is -2.70. The molecule has 11 heteroatoms. The van der Waals surface area contributed by atoms with E-state index in [0.29, 0.717) is 0 Å². The number of halogens is 9. The third kappa shape index (κ3) is 2.91. The zero-order valence-corrected chi connectivity index (χ0v) is 11.0. The van der Waals surface area contributed by atoms with E-state index >= 15 is 0 Å². The summed E-state index contributed by atoms with van der Waals surface area (Å²) in [4.78, 5) is 10.7. The van der Waals surface area contributed by atoms with E-state index in [0.717, 1.165) is 6.92 Å². The average molecular weight is 349 g/mol. The molecule has 0 saturated heterocycles. The maximum absolute atomic E-state index is 14.0. The molecule has 1 saturated carbocycles. The first-order valence-corrected chi connectivity index (χ1v) is 5.92. The van der Waals surface area contributed by atoms with Gasteiger partial charge >= 0.3 is 18.3 Å². The fourth-order valence-electron chi connectivity index (χ4n) is 2.14. The number of alkyl halides is 9. The SMILES string of the molecule is CC(=O)O[C@@H]1C[C@](F)(C(F)(F)F)[C@@](F)(C(F)(F)F)C[C@H]1Cl. The summed E-state index contributed by atoms with van der Waals surface area (Å²) in [5.74, 6) is -1.17. The average Bonchev–Trinajstić information content (AvgIpc) is 2.22. The molecule has 0 bridgehead atoms. The van der Waals surface area contributed by atoms with E-state index in [1.807, 2.05) is 0 Å². The Labute approximate surface area is 118 Å². The zero-order valence-electron chi connectivity index (χ0n) is 10.3. The molecule has 0 spiro atoms. The Morgan fingerprint density at radius 3 is 1.76 bits per heavy atom. The van der Waals surface area contributed by atoms with Gasteiger partial charge in [0.05, 0.1) is 5.38 Å². The lowest BCUT2D eigenvalue weighted by atomic mass is 9.71. The fourth-order valence-corrected chi connectivity index (χ4v) is 2.49. The van der Waals surface area contributed by atoms with Crippen molar-refractivity contribution in [2.45, 2.75) is 54.9 Å². The molecule has 124 valence electrons. The third-order valence-electron chi connectivity index (χ3n) is 3.21. The predicted molar refractivity (Wildman–Crippen MR) is 54.2 cm³/mol. The summed E-state index contributed by atoms with van der Waals surface area (Å²) >= 11 is 5.34. The van der Waals surface area contributed by atoms with Crippen LogP contribution in [0.25, 0.3) is 0 Å². The van der Waals surface area contributed by atoms with Crippen LogP contribution in [0.2, 0.25) is 0 Å². The van der Waals surface area contributed by atoms with Gasteiger partial charge in [-0.25, -0.2) is 8.78 Å². The maximum atomic E-state index is 14.0. The number of rotatable bonds is 1. The number of carbonyl (C=O) groups excluding carboxylic acids is 1. The minimum atomic E-state index is -6.16. The maximum Gasteiger partial charge on any atom is 0.426 e. The normalized spacial score (nSPS) is 38.2. The highest BCUT2D eigenvalue weighted by molar-refractivity contribution is 6.21. The molecule has 0 heterocycles. The highest BCUT2D eigenvalue weighted by Gasteiger charge is 2.81. The van der Waals surface area contributed by atoms with Gasteiger partial charge in [-0.05, 0) is 0 Å². The lowest BCUT2D eigenvalue weighted by Gasteiger charge is -2.47. The third-order valence-corrected chi connectivity index (χ3v) is 3.64. The van der Waals surface area contributed by atoms with Crippen LogP contribution in [-0.2, 0) is 9.53 Å². The molecule has 1 aliphatic carbocycles. The standard InChI is InChI=1S/C10H9ClF8O2/c1-4(20)21-6-3-8(13,10(17,18)19)7(12,2-5(6)11)9(14,15)16/h5-6H,2-3H2,1H3/t5-,6-,7-,8-/m1/s1. The first-order valence-electron chi connectivity index (χ1n) is 5.48. The van der Waals surface area contributed by atoms with Gasteiger partial charge in [-0.15, -0.1) is 11.6 Å². The quantitative estimate of drug-likeness (QED) is 0.409. The van der Waals surface area contributed by atoms with E-state index in [4.69, 9.17) is 11.6 Å². The van der Waals surface area contributed by atoms with E-state index in [-0.39, 0.29) is 0 Å². The number of hydrogen-bond donors (Lipinski definition) is 0. The van der Waals surface area contributed by atoms with Gasteiger partial charge in [0.2, 0.25) is 5.67 Å². The predicted octanol–water partition coefficient (Wildman–Crippen LogP) is 3.86. The minimum Gasteiger partial charge on any atom is -0.461 e. The fraction of sp³-hybridized carbons (Fsp3) is 0.900. The molecule has 2 nitrogen and oxygen atoms in total. The van der Waals surface area contributed by atoms with E-state index < -0.39 is 54.0 Å². The van der Waals surface area contributed by atoms with Gasteiger partial charge in [0.25, 0.3) is 5.67 Å². The van der Waals surface area contributed by atoms with Crippen molar-refractivity contribution in [3.05, 3.63) is 0 Å². The Hall–Kier alpha value is -0.800. The molecule has 0 aliphatic heterocycles. The summed E-state index contributed by atoms with van der Waals surface area (Å²) in [6.07, 6.45) is -18.4. The van der Waals surface area contributed by atoms with Gasteiger partial charge < -0.3 is 4.74 Å². The van der Waals surface area contributed by atoms with Crippen LogP contribution in [-0.4, -0.2) is 41.1 Å². The van der Waals surface area contributed by atoms with Crippen LogP contribution in [0.1, 0.15) is 19.8 Å². The van der Waals surface area contributed by atoms with Gasteiger partial charge in [0.1, 0.15) is 6.10 Å². The van der Waals surface area contributed by atoms with Crippen molar-refractivity contribution >= 4 is 17.6 Å². The monoisotopic (exact) mass is 348 g/mol. The molecular weight excluding hydrogens is 340 g/mol. The Bertz CT molecular complexity index is 422. The molecular formula is C10H9ClF8O2. The van der Waals surface area contributed by atoms with Crippen molar-refractivity contribution in [3.63, 3.8) is 0 Å². The molecule has 0 aromatic rings. The van der Waals surface area contributed by atoms with Gasteiger partial charge in [-0.2, -0.15) is 26.3 Å². The van der Waals surface area contributed by atoms with Crippen molar-refractivity contribution in [2.75, 3.05) is 0 Å². The topological polar surface area (TPSA) is 26.3 Å². The van der Waals surface area contributed by atoms with E-state index in [1.54, 1.807) is 0 Å². The van der Waals surface area contributed by atoms with Crippen molar-refractivity contribution in [1.82, 2.24) is 0 Å². The molecule has 0 aromatic carbocycles. The van der Waals surface area contributed by atoms with Crippen LogP contribution in [0.4, 0.5) is 35.1 Å². The van der Waals surface area contributed by atoms with Crippen LogP contribution < -0.4 is 0 Å². The van der Waals surface area contributed by atoms with E-state index in [1.165, 1.54) is 0 Å². The summed E-state index contributed by atoms with van der Waals surface area (Å²) in [5, 5.41) is -1.95. The number of ether oxygens (including phenoxy) is 1. The summed E-state index contributed by atoms with van der Waals surface area (Å²) in [5.41, 5.74) is -10.5. The second kappa shape index (κ2) is 5.13. The minimum absolute atomic E-state index is 0.748. The Morgan fingerprint density at radius 1 is 1.05 bits per heavy atom. The van der Waals surface area contributed by atoms with Crippen molar-refractivity contribution in [1.29, 1.82) is 0 Å². The van der Waals surface area contributed by atoms with Crippen LogP contribution >= 0.6 is 11.6 Å². The molecule has 0 N–H and O–H groups in total. The number of hydrogen-bond acceptors (Lipinski definition) is 2. The van der Waals surface area contributed by atoms with Gasteiger partial charge in [-0.1, -0.05) is 0 Å². The first kappa shape index (κ1) is 18.2. The summed E-state index contributed by atoms with van der Waals surface area (Å²) in [6.45, 7) is 0.748. The first-order chi connectivity index (χ1) is 9.16. The second-order valence-electron chi connectivity index (χ2n) is 4.67. The Morgan fingerprint density at radius 2 is 1.43 bits per heavy atom. The molecule has 1 fully saturated rings. The van der Waals surface area contributed by atoms with Gasteiger partial charge in [0.15, 0.2) is 0 Å². The lowest BCUT2D eigenvalue weighted by molar-refractivity contribution is -0.358. The molecule has 1 aliphatic rings. The summed E-state index contributed by atoms with van der Waals surface area (Å²) in [6, 6.07) is 0. The Balaban J connectivity index is 3.32. The highest BCUT2D eigenvalue weighted by Crippen LogP contribution is 2.59. The molecule has 21 heavy (non-hydrogen) atoms. The highest BCUT2D eigenvalue weighted by atomic mass is 35.5. The molecule has 0 radical (unpaired) electrons. The molecule has 1 rings (SSSR count). The summed E-state index contributed by atoms with van der Waals surface area (Å²) in [7, 11) is 0. The van der Waals surface area contributed by atoms with E-state index in [9.17, 15) is 39.9 Å². The second-order valence-corrected chi connectivity index (χ2v) is 5.23. The zero-order chi connectivity index (χ0) is 16.9. The van der Waals surface area contributed by atoms with Crippen LogP contribution in [0.5, 0.6) is 0 Å². The van der Waals surface area contributed by atoms with Gasteiger partial charge in [-0.3, -0.25) is 4.79 Å². The van der Waals surface area contributed by atoms with Crippen LogP contribution in [0.15, 0.2) is 0 Å². The van der Waals surface area contributed by atoms with Crippen molar-refractivity contribution < 1.29 is 44.7 Å². The largest absolute Gasteiger partial charge is 0.461 e. The van der Waals surface area contributed by atoms with Crippen molar-refractivity contribution in [2.24, 2.45) is 0 Å². The number of carbonyl (C=O) groups is 1. The van der Waals surface area contributed by atoms with Crippen molar-refractivity contribution in [3.8, 4) is 0 Å². The van der Waals surface area contributed by atoms with Crippen LogP contribution in [0, 0.1) is 0 Å². The van der Waals surface area contributed by atoms with Gasteiger partial charge in [0, 0.05) is 19.8 Å². The smallest absolute Gasteiger partial charge is 0.426 e. The Kier molecular flexibility index (Phi) is 4.46. The number of esters is 1. The molecule has 4 atom stereocenters. The molecule has 0 unspecified atom stereocenters. The molecule has 0 amide bonds. The van der Waals surface area contributed by atoms with E-state index in [2.05, 4.69) is 4.74 Å². The molecule has 0 aromatic heterocycles. The summed E-state index contributed by atoms with van der Waals surface area (Å²) < 4.78 is 108.